The lowest BCUT2D eigenvalue weighted by molar-refractivity contribution is -0.114. The number of hydrogen-bond donors (Lipinski definition) is 1. The molecule has 0 aliphatic rings. The van der Waals surface area contributed by atoms with Gasteiger partial charge in [-0.15, -0.1) is 0 Å². The molecule has 4 nitrogen and oxygen atoms in total. The smallest absolute Gasteiger partial charge is 0.221 e. The lowest BCUT2D eigenvalue weighted by Crippen LogP contribution is -2.07. The van der Waals surface area contributed by atoms with Crippen molar-refractivity contribution < 1.29 is 13.7 Å². The fourth-order valence-corrected chi connectivity index (χ4v) is 2.47. The number of carbonyl (C=O) groups is 1. The minimum Gasteiger partial charge on any atom is -0.495 e. The first-order valence-corrected chi connectivity index (χ1v) is 6.74. The van der Waals surface area contributed by atoms with E-state index in [0.717, 1.165) is 11.3 Å². The predicted octanol–water partition coefficient (Wildman–Crippen LogP) is 2.17. The molecule has 17 heavy (non-hydrogen) atoms. The maximum Gasteiger partial charge on any atom is 0.221 e. The first-order chi connectivity index (χ1) is 8.08. The van der Waals surface area contributed by atoms with Gasteiger partial charge in [-0.3, -0.25) is 9.00 Å². The lowest BCUT2D eigenvalue weighted by Gasteiger charge is -2.10. The second kappa shape index (κ2) is 6.39. The van der Waals surface area contributed by atoms with Crippen LogP contribution in [0.4, 0.5) is 5.69 Å². The van der Waals surface area contributed by atoms with Crippen LogP contribution in [0.2, 0.25) is 0 Å². The van der Waals surface area contributed by atoms with Crippen LogP contribution in [0.15, 0.2) is 23.1 Å². The third-order valence-corrected chi connectivity index (χ3v) is 3.69. The van der Waals surface area contributed by atoms with E-state index in [0.29, 0.717) is 17.2 Å². The van der Waals surface area contributed by atoms with E-state index in [-0.39, 0.29) is 5.91 Å². The van der Waals surface area contributed by atoms with Gasteiger partial charge in [-0.05, 0) is 24.6 Å². The van der Waals surface area contributed by atoms with Crippen molar-refractivity contribution in [2.45, 2.75) is 25.2 Å². The molecular weight excluding hydrogens is 238 g/mol. The predicted molar refractivity (Wildman–Crippen MR) is 68.9 cm³/mol. The second-order valence-electron chi connectivity index (χ2n) is 3.59. The Bertz CT molecular complexity index is 432. The summed E-state index contributed by atoms with van der Waals surface area (Å²) < 4.78 is 17.0. The number of carbonyl (C=O) groups excluding carboxylic acids is 1. The summed E-state index contributed by atoms with van der Waals surface area (Å²) in [5.41, 5.74) is 0.595. The van der Waals surface area contributed by atoms with Gasteiger partial charge in [-0.2, -0.15) is 0 Å². The van der Waals surface area contributed by atoms with Crippen LogP contribution in [0, 0.1) is 0 Å². The van der Waals surface area contributed by atoms with Gasteiger partial charge in [0.2, 0.25) is 5.91 Å². The maximum atomic E-state index is 11.8. The van der Waals surface area contributed by atoms with Gasteiger partial charge in [0.05, 0.1) is 23.6 Å². The molecule has 0 aliphatic carbocycles. The Labute approximate surface area is 104 Å². The van der Waals surface area contributed by atoms with Gasteiger partial charge >= 0.3 is 0 Å². The van der Waals surface area contributed by atoms with Crippen LogP contribution in [-0.2, 0) is 15.6 Å². The monoisotopic (exact) mass is 255 g/mol. The average Bonchev–Trinajstić information content (AvgIpc) is 2.29. The molecule has 1 aromatic carbocycles. The van der Waals surface area contributed by atoms with Crippen LogP contribution in [0.1, 0.15) is 20.3 Å². The van der Waals surface area contributed by atoms with Gasteiger partial charge in [-0.1, -0.05) is 6.92 Å². The van der Waals surface area contributed by atoms with Crippen molar-refractivity contribution in [3.8, 4) is 5.75 Å². The largest absolute Gasteiger partial charge is 0.495 e. The zero-order chi connectivity index (χ0) is 12.8. The minimum absolute atomic E-state index is 0.161. The molecule has 1 unspecified atom stereocenters. The van der Waals surface area contributed by atoms with E-state index in [4.69, 9.17) is 4.74 Å². The SMILES string of the molecule is CCCS(=O)c1ccc(NC(C)=O)c(OC)c1. The number of ether oxygens (including phenoxy) is 1. The topological polar surface area (TPSA) is 55.4 Å². The molecule has 1 rings (SSSR count). The van der Waals surface area contributed by atoms with Crippen molar-refractivity contribution in [2.24, 2.45) is 0 Å². The highest BCUT2D eigenvalue weighted by atomic mass is 32.2. The number of amides is 1. The highest BCUT2D eigenvalue weighted by molar-refractivity contribution is 7.85. The summed E-state index contributed by atoms with van der Waals surface area (Å²) in [5.74, 6) is 0.996. The lowest BCUT2D eigenvalue weighted by atomic mass is 10.3. The van der Waals surface area contributed by atoms with Crippen LogP contribution in [0.3, 0.4) is 0 Å². The van der Waals surface area contributed by atoms with Crippen LogP contribution >= 0.6 is 0 Å². The standard InChI is InChI=1S/C12H17NO3S/c1-4-7-17(15)10-5-6-11(13-9(2)14)12(8-10)16-3/h5-6,8H,4,7H2,1-3H3,(H,13,14). The van der Waals surface area contributed by atoms with E-state index in [1.54, 1.807) is 18.2 Å². The average molecular weight is 255 g/mol. The highest BCUT2D eigenvalue weighted by Gasteiger charge is 2.09. The van der Waals surface area contributed by atoms with Crippen molar-refractivity contribution in [3.05, 3.63) is 18.2 Å². The summed E-state index contributed by atoms with van der Waals surface area (Å²) in [5, 5.41) is 2.66. The van der Waals surface area contributed by atoms with Crippen LogP contribution in [0.5, 0.6) is 5.75 Å². The molecule has 5 heteroatoms. The minimum atomic E-state index is -1.01. The fraction of sp³-hybridized carbons (Fsp3) is 0.417. The van der Waals surface area contributed by atoms with E-state index in [9.17, 15) is 9.00 Å². The Hall–Kier alpha value is -1.36. The maximum absolute atomic E-state index is 11.8. The van der Waals surface area contributed by atoms with E-state index in [2.05, 4.69) is 5.32 Å². The van der Waals surface area contributed by atoms with Gasteiger partial charge in [0.25, 0.3) is 0 Å². The van der Waals surface area contributed by atoms with Crippen molar-refractivity contribution in [1.29, 1.82) is 0 Å². The second-order valence-corrected chi connectivity index (χ2v) is 5.16. The summed E-state index contributed by atoms with van der Waals surface area (Å²) in [4.78, 5) is 11.7. The van der Waals surface area contributed by atoms with Crippen molar-refractivity contribution in [2.75, 3.05) is 18.2 Å². The summed E-state index contributed by atoms with van der Waals surface area (Å²) in [7, 11) is 0.512. The van der Waals surface area contributed by atoms with Gasteiger partial charge in [0.1, 0.15) is 5.75 Å². The third kappa shape index (κ3) is 3.85. The molecule has 0 saturated carbocycles. The number of methoxy groups -OCH3 is 1. The van der Waals surface area contributed by atoms with Crippen molar-refractivity contribution in [3.63, 3.8) is 0 Å². The van der Waals surface area contributed by atoms with Crippen LogP contribution in [0.25, 0.3) is 0 Å². The first kappa shape index (κ1) is 13.7. The Balaban J connectivity index is 2.99. The molecule has 0 aliphatic heterocycles. The zero-order valence-corrected chi connectivity index (χ0v) is 11.1. The molecule has 1 atom stereocenters. The van der Waals surface area contributed by atoms with Crippen molar-refractivity contribution in [1.82, 2.24) is 0 Å². The van der Waals surface area contributed by atoms with Crippen LogP contribution < -0.4 is 10.1 Å². The number of anilines is 1. The molecule has 0 saturated heterocycles. The Morgan fingerprint density at radius 3 is 2.71 bits per heavy atom. The molecule has 0 heterocycles. The molecule has 1 amide bonds. The molecule has 0 spiro atoms. The van der Waals surface area contributed by atoms with E-state index in [1.807, 2.05) is 6.92 Å². The summed E-state index contributed by atoms with van der Waals surface area (Å²) >= 11 is 0. The molecule has 1 aromatic rings. The zero-order valence-electron chi connectivity index (χ0n) is 10.3. The fourth-order valence-electron chi connectivity index (χ4n) is 1.41. The van der Waals surface area contributed by atoms with Gasteiger partial charge in [0.15, 0.2) is 0 Å². The van der Waals surface area contributed by atoms with E-state index in [1.165, 1.54) is 14.0 Å². The Kier molecular flexibility index (Phi) is 5.15. The highest BCUT2D eigenvalue weighted by Crippen LogP contribution is 2.27. The quantitative estimate of drug-likeness (QED) is 0.877. The molecule has 0 radical (unpaired) electrons. The number of benzene rings is 1. The Morgan fingerprint density at radius 2 is 2.18 bits per heavy atom. The Morgan fingerprint density at radius 1 is 1.47 bits per heavy atom. The number of rotatable bonds is 5. The third-order valence-electron chi connectivity index (χ3n) is 2.14. The molecule has 94 valence electrons. The van der Waals surface area contributed by atoms with E-state index >= 15 is 0 Å². The first-order valence-electron chi connectivity index (χ1n) is 5.42. The molecule has 0 fully saturated rings. The number of hydrogen-bond acceptors (Lipinski definition) is 3. The molecule has 0 aromatic heterocycles. The summed E-state index contributed by atoms with van der Waals surface area (Å²) in [6.07, 6.45) is 0.863. The van der Waals surface area contributed by atoms with Crippen molar-refractivity contribution >= 4 is 22.4 Å². The molecule has 1 N–H and O–H groups in total. The van der Waals surface area contributed by atoms with Gasteiger partial charge in [-0.25, -0.2) is 0 Å². The van der Waals surface area contributed by atoms with Gasteiger partial charge < -0.3 is 10.1 Å². The van der Waals surface area contributed by atoms with Crippen LogP contribution in [-0.4, -0.2) is 23.0 Å². The molecule has 0 bridgehead atoms. The van der Waals surface area contributed by atoms with E-state index < -0.39 is 10.8 Å². The summed E-state index contributed by atoms with van der Waals surface area (Å²) in [6, 6.07) is 5.17. The number of nitrogens with one attached hydrogen (secondary N) is 1. The summed E-state index contributed by atoms with van der Waals surface area (Å²) in [6.45, 7) is 3.42. The normalized spacial score (nSPS) is 11.9. The molecular formula is C12H17NO3S. The van der Waals surface area contributed by atoms with Gasteiger partial charge in [0, 0.05) is 17.6 Å².